The second-order valence-electron chi connectivity index (χ2n) is 2.43. The van der Waals surface area contributed by atoms with Crippen LogP contribution in [0, 0.1) is 0 Å². The zero-order chi connectivity index (χ0) is 9.68. The van der Waals surface area contributed by atoms with E-state index in [9.17, 15) is 9.59 Å². The third-order valence-corrected chi connectivity index (χ3v) is 1.38. The molecule has 0 aliphatic rings. The highest BCUT2D eigenvalue weighted by Crippen LogP contribution is 1.99. The van der Waals surface area contributed by atoms with Crippen molar-refractivity contribution in [1.29, 1.82) is 0 Å². The van der Waals surface area contributed by atoms with Gasteiger partial charge in [0.2, 0.25) is 5.56 Å². The normalized spacial score (nSPS) is 9.31. The maximum Gasteiger partial charge on any atom is 0.319 e. The van der Waals surface area contributed by atoms with Crippen LogP contribution in [0.5, 0.6) is 0 Å². The smallest absolute Gasteiger partial charge is 0.319 e. The van der Waals surface area contributed by atoms with Gasteiger partial charge in [-0.25, -0.2) is 4.79 Å². The summed E-state index contributed by atoms with van der Waals surface area (Å²) in [5.41, 5.74) is 0.368. The van der Waals surface area contributed by atoms with Gasteiger partial charge in [-0.3, -0.25) is 4.79 Å². The van der Waals surface area contributed by atoms with Crippen molar-refractivity contribution in [3.05, 3.63) is 28.7 Å². The molecule has 0 radical (unpaired) electrons. The highest BCUT2D eigenvalue weighted by atomic mass is 16.2. The van der Waals surface area contributed by atoms with Crippen molar-refractivity contribution in [2.24, 2.45) is 0 Å². The molecule has 1 heterocycles. The molecule has 0 atom stereocenters. The van der Waals surface area contributed by atoms with E-state index in [1.807, 2.05) is 6.92 Å². The van der Waals surface area contributed by atoms with Crippen LogP contribution in [-0.2, 0) is 0 Å². The number of rotatable bonds is 2. The summed E-state index contributed by atoms with van der Waals surface area (Å²) in [5, 5.41) is 5.12. The van der Waals surface area contributed by atoms with Crippen LogP contribution in [0.4, 0.5) is 10.5 Å². The van der Waals surface area contributed by atoms with Crippen LogP contribution in [-0.4, -0.2) is 17.6 Å². The number of H-pyrrole nitrogens is 1. The lowest BCUT2D eigenvalue weighted by atomic mass is 10.4. The number of aromatic amines is 1. The van der Waals surface area contributed by atoms with Crippen molar-refractivity contribution in [2.75, 3.05) is 11.9 Å². The Morgan fingerprint density at radius 1 is 1.54 bits per heavy atom. The largest absolute Gasteiger partial charge is 0.338 e. The van der Waals surface area contributed by atoms with Gasteiger partial charge in [-0.2, -0.15) is 0 Å². The van der Waals surface area contributed by atoms with E-state index in [-0.39, 0.29) is 11.6 Å². The van der Waals surface area contributed by atoms with Crippen LogP contribution in [0.1, 0.15) is 6.92 Å². The molecule has 5 heteroatoms. The minimum absolute atomic E-state index is 0.193. The predicted molar refractivity (Wildman–Crippen MR) is 49.8 cm³/mol. The number of nitrogens with one attached hydrogen (secondary N) is 3. The van der Waals surface area contributed by atoms with Crippen molar-refractivity contribution in [3.63, 3.8) is 0 Å². The van der Waals surface area contributed by atoms with Gasteiger partial charge in [0.1, 0.15) is 0 Å². The number of urea groups is 1. The lowest BCUT2D eigenvalue weighted by Crippen LogP contribution is -2.28. The summed E-state index contributed by atoms with van der Waals surface area (Å²) in [4.78, 5) is 24.1. The molecule has 0 saturated heterocycles. The third-order valence-electron chi connectivity index (χ3n) is 1.38. The standard InChI is InChI=1S/C8H11N3O2/c1-2-9-8(13)11-6-3-4-7(12)10-5-6/h3-5H,2H2,1H3,(H,10,12)(H2,9,11,13). The Morgan fingerprint density at radius 2 is 2.31 bits per heavy atom. The molecule has 0 fully saturated rings. The monoisotopic (exact) mass is 181 g/mol. The first-order valence-electron chi connectivity index (χ1n) is 3.96. The summed E-state index contributed by atoms with van der Waals surface area (Å²) >= 11 is 0. The first kappa shape index (κ1) is 9.31. The summed E-state index contributed by atoms with van der Waals surface area (Å²) < 4.78 is 0. The molecule has 0 aliphatic heterocycles. The first-order chi connectivity index (χ1) is 6.22. The number of hydrogen-bond acceptors (Lipinski definition) is 2. The number of amides is 2. The zero-order valence-corrected chi connectivity index (χ0v) is 7.26. The topological polar surface area (TPSA) is 74.0 Å². The van der Waals surface area contributed by atoms with E-state index < -0.39 is 0 Å². The molecule has 0 aliphatic carbocycles. The fraction of sp³-hybridized carbons (Fsp3) is 0.250. The minimum atomic E-state index is -0.283. The number of anilines is 1. The maximum atomic E-state index is 11.0. The molecule has 0 aromatic carbocycles. The van der Waals surface area contributed by atoms with Crippen LogP contribution < -0.4 is 16.2 Å². The molecule has 0 unspecified atom stereocenters. The van der Waals surface area contributed by atoms with Crippen molar-refractivity contribution in [2.45, 2.75) is 6.92 Å². The second kappa shape index (κ2) is 4.30. The molecule has 13 heavy (non-hydrogen) atoms. The Bertz CT molecular complexity index is 325. The second-order valence-corrected chi connectivity index (χ2v) is 2.43. The lowest BCUT2D eigenvalue weighted by Gasteiger charge is -2.03. The molecule has 1 aromatic heterocycles. The molecular weight excluding hydrogens is 170 g/mol. The summed E-state index contributed by atoms with van der Waals surface area (Å²) in [6, 6.07) is 2.60. The predicted octanol–water partition coefficient (Wildman–Crippen LogP) is 0.516. The van der Waals surface area contributed by atoms with Gasteiger partial charge in [-0.05, 0) is 13.0 Å². The van der Waals surface area contributed by atoms with Gasteiger partial charge in [0.25, 0.3) is 0 Å². The Labute approximate surface area is 75.2 Å². The van der Waals surface area contributed by atoms with Crippen LogP contribution in [0.25, 0.3) is 0 Å². The lowest BCUT2D eigenvalue weighted by molar-refractivity contribution is 0.252. The Hall–Kier alpha value is -1.78. The van der Waals surface area contributed by atoms with Gasteiger partial charge >= 0.3 is 6.03 Å². The highest BCUT2D eigenvalue weighted by Gasteiger charge is 1.97. The summed E-state index contributed by atoms with van der Waals surface area (Å²) in [5.74, 6) is 0. The minimum Gasteiger partial charge on any atom is -0.338 e. The number of hydrogen-bond donors (Lipinski definition) is 3. The number of aromatic nitrogens is 1. The van der Waals surface area contributed by atoms with Crippen molar-refractivity contribution in [1.82, 2.24) is 10.3 Å². The molecule has 70 valence electrons. The van der Waals surface area contributed by atoms with Gasteiger partial charge in [-0.1, -0.05) is 0 Å². The molecule has 0 spiro atoms. The van der Waals surface area contributed by atoms with Gasteiger partial charge in [0.05, 0.1) is 5.69 Å². The molecule has 2 amide bonds. The van der Waals surface area contributed by atoms with Crippen molar-refractivity contribution in [3.8, 4) is 0 Å². The van der Waals surface area contributed by atoms with Crippen molar-refractivity contribution >= 4 is 11.7 Å². The van der Waals surface area contributed by atoms with E-state index in [2.05, 4.69) is 15.6 Å². The van der Waals surface area contributed by atoms with E-state index >= 15 is 0 Å². The van der Waals surface area contributed by atoms with Crippen LogP contribution in [0.15, 0.2) is 23.1 Å². The molecule has 3 N–H and O–H groups in total. The zero-order valence-electron chi connectivity index (χ0n) is 7.26. The molecular formula is C8H11N3O2. The quantitative estimate of drug-likeness (QED) is 0.622. The van der Waals surface area contributed by atoms with Gasteiger partial charge in [-0.15, -0.1) is 0 Å². The third kappa shape index (κ3) is 2.98. The Balaban J connectivity index is 2.59. The van der Waals surface area contributed by atoms with E-state index in [1.54, 1.807) is 0 Å². The molecule has 0 bridgehead atoms. The summed E-state index contributed by atoms with van der Waals surface area (Å²) in [6.07, 6.45) is 1.44. The Morgan fingerprint density at radius 3 is 2.85 bits per heavy atom. The SMILES string of the molecule is CCNC(=O)Nc1ccc(=O)[nH]c1. The number of pyridine rings is 1. The number of carbonyl (C=O) groups is 1. The van der Waals surface area contributed by atoms with Crippen molar-refractivity contribution < 1.29 is 4.79 Å². The van der Waals surface area contributed by atoms with Gasteiger partial charge in [0, 0.05) is 18.8 Å². The Kier molecular flexibility index (Phi) is 3.08. The van der Waals surface area contributed by atoms with Crippen LogP contribution in [0.3, 0.4) is 0 Å². The summed E-state index contributed by atoms with van der Waals surface area (Å²) in [7, 11) is 0. The van der Waals surface area contributed by atoms with E-state index in [4.69, 9.17) is 0 Å². The highest BCUT2D eigenvalue weighted by molar-refractivity contribution is 5.88. The first-order valence-corrected chi connectivity index (χ1v) is 3.96. The van der Waals surface area contributed by atoms with E-state index in [0.717, 1.165) is 0 Å². The molecule has 1 aromatic rings. The fourth-order valence-corrected chi connectivity index (χ4v) is 0.824. The van der Waals surface area contributed by atoms with E-state index in [0.29, 0.717) is 12.2 Å². The molecule has 0 saturated carbocycles. The van der Waals surface area contributed by atoms with Crippen LogP contribution in [0.2, 0.25) is 0 Å². The maximum absolute atomic E-state index is 11.0. The number of carbonyl (C=O) groups excluding carboxylic acids is 1. The fourth-order valence-electron chi connectivity index (χ4n) is 0.824. The van der Waals surface area contributed by atoms with E-state index in [1.165, 1.54) is 18.3 Å². The average molecular weight is 181 g/mol. The molecule has 1 rings (SSSR count). The molecule has 5 nitrogen and oxygen atoms in total. The van der Waals surface area contributed by atoms with Gasteiger partial charge < -0.3 is 15.6 Å². The van der Waals surface area contributed by atoms with Gasteiger partial charge in [0.15, 0.2) is 0 Å². The summed E-state index contributed by atoms with van der Waals surface area (Å²) in [6.45, 7) is 2.39. The average Bonchev–Trinajstić information content (AvgIpc) is 2.09. The van der Waals surface area contributed by atoms with Crippen LogP contribution >= 0.6 is 0 Å².